The fraction of sp³-hybridized carbons (Fsp3) is 0.857. The molecule has 0 bridgehead atoms. The molecule has 1 heterocycles. The van der Waals surface area contributed by atoms with E-state index in [1.807, 2.05) is 20.8 Å². The van der Waals surface area contributed by atoms with Crippen LogP contribution in [0, 0.1) is 11.3 Å². The average Bonchev–Trinajstić information content (AvgIpc) is 3.10. The van der Waals surface area contributed by atoms with Crippen molar-refractivity contribution < 1.29 is 18.0 Å². The van der Waals surface area contributed by atoms with E-state index in [2.05, 4.69) is 5.32 Å². The Morgan fingerprint density at radius 2 is 1.81 bits per heavy atom. The lowest BCUT2D eigenvalue weighted by molar-refractivity contribution is -0.154. The van der Waals surface area contributed by atoms with Crippen molar-refractivity contribution in [3.8, 4) is 0 Å². The summed E-state index contributed by atoms with van der Waals surface area (Å²) >= 11 is 0. The van der Waals surface area contributed by atoms with Crippen LogP contribution in [-0.4, -0.2) is 55.8 Å². The van der Waals surface area contributed by atoms with Crippen LogP contribution in [0.25, 0.3) is 0 Å². The van der Waals surface area contributed by atoms with E-state index in [4.69, 9.17) is 0 Å². The Kier molecular flexibility index (Phi) is 4.08. The Bertz CT molecular complexity index is 546. The highest BCUT2D eigenvalue weighted by molar-refractivity contribution is 7.90. The van der Waals surface area contributed by atoms with Crippen LogP contribution in [0.2, 0.25) is 0 Å². The first-order valence-corrected chi connectivity index (χ1v) is 9.35. The molecular weight excluding hydrogens is 292 g/mol. The standard InChI is InChI=1S/C14H24N2O4S/c1-14(2,3)11-12(17)15-10(9-5-6-9)13(18)16(11)7-8-21(4,19)20/h9-11H,5-8H2,1-4H3,(H,15,17). The molecule has 2 amide bonds. The molecule has 2 aliphatic rings. The summed E-state index contributed by atoms with van der Waals surface area (Å²) in [4.78, 5) is 26.5. The molecule has 7 heteroatoms. The molecule has 120 valence electrons. The second-order valence-corrected chi connectivity index (χ2v) is 9.51. The fourth-order valence-corrected chi connectivity index (χ4v) is 3.38. The Balaban J connectivity index is 2.25. The highest BCUT2D eigenvalue weighted by Gasteiger charge is 2.50. The first-order valence-electron chi connectivity index (χ1n) is 7.29. The van der Waals surface area contributed by atoms with Gasteiger partial charge in [-0.05, 0) is 24.2 Å². The number of hydrogen-bond donors (Lipinski definition) is 1. The molecule has 21 heavy (non-hydrogen) atoms. The van der Waals surface area contributed by atoms with Crippen LogP contribution in [-0.2, 0) is 19.4 Å². The number of amides is 2. The lowest BCUT2D eigenvalue weighted by atomic mass is 9.82. The minimum Gasteiger partial charge on any atom is -0.342 e. The van der Waals surface area contributed by atoms with Crippen molar-refractivity contribution >= 4 is 21.7 Å². The largest absolute Gasteiger partial charge is 0.342 e. The lowest BCUT2D eigenvalue weighted by Crippen LogP contribution is -2.67. The molecule has 0 aromatic rings. The van der Waals surface area contributed by atoms with Gasteiger partial charge in [0.15, 0.2) is 0 Å². The van der Waals surface area contributed by atoms with Crippen LogP contribution in [0.15, 0.2) is 0 Å². The average molecular weight is 316 g/mol. The predicted molar refractivity (Wildman–Crippen MR) is 79.3 cm³/mol. The van der Waals surface area contributed by atoms with Crippen molar-refractivity contribution in [2.75, 3.05) is 18.6 Å². The summed E-state index contributed by atoms with van der Waals surface area (Å²) in [5.74, 6) is -0.216. The van der Waals surface area contributed by atoms with Crippen LogP contribution in [0.4, 0.5) is 0 Å². The van der Waals surface area contributed by atoms with Gasteiger partial charge >= 0.3 is 0 Å². The summed E-state index contributed by atoms with van der Waals surface area (Å²) in [6.45, 7) is 5.73. The van der Waals surface area contributed by atoms with Crippen molar-refractivity contribution in [1.29, 1.82) is 0 Å². The van der Waals surface area contributed by atoms with Gasteiger partial charge < -0.3 is 10.2 Å². The van der Waals surface area contributed by atoms with Gasteiger partial charge in [-0.2, -0.15) is 0 Å². The van der Waals surface area contributed by atoms with Gasteiger partial charge in [-0.25, -0.2) is 8.42 Å². The van der Waals surface area contributed by atoms with Crippen LogP contribution >= 0.6 is 0 Å². The van der Waals surface area contributed by atoms with Gasteiger partial charge in [0.25, 0.3) is 0 Å². The van der Waals surface area contributed by atoms with Crippen LogP contribution in [0.3, 0.4) is 0 Å². The molecule has 0 aromatic carbocycles. The highest BCUT2D eigenvalue weighted by atomic mass is 32.2. The van der Waals surface area contributed by atoms with Gasteiger partial charge in [0.05, 0.1) is 5.75 Å². The van der Waals surface area contributed by atoms with E-state index in [-0.39, 0.29) is 30.0 Å². The predicted octanol–water partition coefficient (Wildman–Crippen LogP) is 0.183. The number of carbonyl (C=O) groups is 2. The van der Waals surface area contributed by atoms with Gasteiger partial charge in [0.1, 0.15) is 21.9 Å². The van der Waals surface area contributed by atoms with E-state index in [1.165, 1.54) is 4.90 Å². The molecule has 0 spiro atoms. The van der Waals surface area contributed by atoms with E-state index >= 15 is 0 Å². The Morgan fingerprint density at radius 3 is 2.24 bits per heavy atom. The molecule has 0 aromatic heterocycles. The van der Waals surface area contributed by atoms with Gasteiger partial charge in [-0.15, -0.1) is 0 Å². The summed E-state index contributed by atoms with van der Waals surface area (Å²) in [7, 11) is -3.18. The maximum atomic E-state index is 12.6. The number of carbonyl (C=O) groups excluding carboxylic acids is 2. The molecule has 1 saturated carbocycles. The minimum atomic E-state index is -3.18. The summed E-state index contributed by atoms with van der Waals surface area (Å²) in [5, 5.41) is 2.83. The van der Waals surface area contributed by atoms with E-state index < -0.39 is 27.3 Å². The first kappa shape index (κ1) is 16.3. The monoisotopic (exact) mass is 316 g/mol. The molecule has 6 nitrogen and oxygen atoms in total. The molecule has 1 aliphatic carbocycles. The normalized spacial score (nSPS) is 27.7. The third-order valence-corrected chi connectivity index (χ3v) is 4.95. The molecule has 0 radical (unpaired) electrons. The molecule has 2 rings (SSSR count). The molecule has 1 saturated heterocycles. The van der Waals surface area contributed by atoms with Crippen LogP contribution < -0.4 is 5.32 Å². The number of hydrogen-bond acceptors (Lipinski definition) is 4. The van der Waals surface area contributed by atoms with Gasteiger partial charge in [0, 0.05) is 12.8 Å². The topological polar surface area (TPSA) is 83.6 Å². The maximum absolute atomic E-state index is 12.6. The van der Waals surface area contributed by atoms with E-state index in [0.29, 0.717) is 0 Å². The Hall–Kier alpha value is -1.11. The Morgan fingerprint density at radius 1 is 1.24 bits per heavy atom. The van der Waals surface area contributed by atoms with E-state index in [9.17, 15) is 18.0 Å². The summed E-state index contributed by atoms with van der Waals surface area (Å²) in [6.07, 6.45) is 3.03. The smallest absolute Gasteiger partial charge is 0.246 e. The van der Waals surface area contributed by atoms with Crippen molar-refractivity contribution in [2.45, 2.75) is 45.7 Å². The quantitative estimate of drug-likeness (QED) is 0.802. The molecule has 2 atom stereocenters. The summed E-state index contributed by atoms with van der Waals surface area (Å²) in [5.41, 5.74) is -0.439. The number of rotatable bonds is 4. The molecular formula is C14H24N2O4S. The third kappa shape index (κ3) is 3.75. The zero-order chi connectivity index (χ0) is 16.0. The number of nitrogens with one attached hydrogen (secondary N) is 1. The molecule has 2 unspecified atom stereocenters. The molecule has 1 N–H and O–H groups in total. The highest BCUT2D eigenvalue weighted by Crippen LogP contribution is 2.37. The number of sulfone groups is 1. The Labute approximate surface area is 126 Å². The summed E-state index contributed by atoms with van der Waals surface area (Å²) in [6, 6.07) is -1.10. The zero-order valence-corrected chi connectivity index (χ0v) is 13.9. The second-order valence-electron chi connectivity index (χ2n) is 7.25. The third-order valence-electron chi connectivity index (χ3n) is 4.02. The second kappa shape index (κ2) is 5.26. The first-order chi connectivity index (χ1) is 9.50. The maximum Gasteiger partial charge on any atom is 0.246 e. The number of nitrogens with zero attached hydrogens (tertiary/aromatic N) is 1. The van der Waals surface area contributed by atoms with Crippen molar-refractivity contribution in [2.24, 2.45) is 11.3 Å². The van der Waals surface area contributed by atoms with Gasteiger partial charge in [0.2, 0.25) is 11.8 Å². The van der Waals surface area contributed by atoms with Crippen molar-refractivity contribution in [3.05, 3.63) is 0 Å². The minimum absolute atomic E-state index is 0.0796. The number of piperazine rings is 1. The van der Waals surface area contributed by atoms with E-state index in [0.717, 1.165) is 19.1 Å². The SMILES string of the molecule is CC(C)(C)C1C(=O)NC(C2CC2)C(=O)N1CCS(C)(=O)=O. The molecule has 2 fully saturated rings. The van der Waals surface area contributed by atoms with Crippen LogP contribution in [0.1, 0.15) is 33.6 Å². The van der Waals surface area contributed by atoms with E-state index in [1.54, 1.807) is 0 Å². The summed E-state index contributed by atoms with van der Waals surface area (Å²) < 4.78 is 22.8. The zero-order valence-electron chi connectivity index (χ0n) is 13.0. The van der Waals surface area contributed by atoms with Gasteiger partial charge in [-0.1, -0.05) is 20.8 Å². The fourth-order valence-electron chi connectivity index (χ4n) is 2.85. The molecule has 1 aliphatic heterocycles. The van der Waals surface area contributed by atoms with Crippen molar-refractivity contribution in [3.63, 3.8) is 0 Å². The lowest BCUT2D eigenvalue weighted by Gasteiger charge is -2.44. The van der Waals surface area contributed by atoms with Gasteiger partial charge in [-0.3, -0.25) is 9.59 Å². The van der Waals surface area contributed by atoms with Crippen LogP contribution in [0.5, 0.6) is 0 Å². The van der Waals surface area contributed by atoms with Crippen molar-refractivity contribution in [1.82, 2.24) is 10.2 Å².